The maximum Gasteiger partial charge on any atom is 0.155 e. The van der Waals surface area contributed by atoms with Crippen molar-refractivity contribution >= 4 is 22.8 Å². The van der Waals surface area contributed by atoms with Crippen molar-refractivity contribution in [1.82, 2.24) is 0 Å². The second-order valence-electron chi connectivity index (χ2n) is 3.31. The van der Waals surface area contributed by atoms with E-state index < -0.39 is 11.1 Å². The molecule has 0 aromatic heterocycles. The van der Waals surface area contributed by atoms with Gasteiger partial charge in [-0.15, -0.1) is 0 Å². The first-order chi connectivity index (χ1) is 5.54. The van der Waals surface area contributed by atoms with Gasteiger partial charge in [0, 0.05) is 11.5 Å². The molecule has 12 heavy (non-hydrogen) atoms. The molecule has 1 aliphatic heterocycles. The maximum absolute atomic E-state index is 10.6. The van der Waals surface area contributed by atoms with Gasteiger partial charge in [-0.2, -0.15) is 11.8 Å². The number of hydrogen-bond donors (Lipinski definition) is 1. The number of thioether (sulfide) groups is 1. The first-order valence-corrected chi connectivity index (χ1v) is 6.30. The Kier molecular flexibility index (Phi) is 3.58. The van der Waals surface area contributed by atoms with Crippen molar-refractivity contribution in [2.75, 3.05) is 17.3 Å². The molecular formula is C7H14O3S2. The van der Waals surface area contributed by atoms with Gasteiger partial charge in [0.2, 0.25) is 0 Å². The molecular weight excluding hydrogens is 196 g/mol. The molecule has 0 amide bonds. The van der Waals surface area contributed by atoms with Gasteiger partial charge in [-0.25, -0.2) is 4.21 Å². The van der Waals surface area contributed by atoms with Crippen LogP contribution in [-0.2, 0) is 15.8 Å². The fourth-order valence-corrected chi connectivity index (χ4v) is 3.22. The van der Waals surface area contributed by atoms with Crippen molar-refractivity contribution in [1.29, 1.82) is 0 Å². The summed E-state index contributed by atoms with van der Waals surface area (Å²) in [5, 5.41) is 0. The van der Waals surface area contributed by atoms with Gasteiger partial charge in [-0.05, 0) is 13.8 Å². The Morgan fingerprint density at radius 2 is 2.25 bits per heavy atom. The van der Waals surface area contributed by atoms with Crippen molar-refractivity contribution < 1.29 is 13.5 Å². The average molecular weight is 210 g/mol. The normalized spacial score (nSPS) is 23.7. The molecule has 0 saturated carbocycles. The van der Waals surface area contributed by atoms with Gasteiger partial charge in [-0.1, -0.05) is 0 Å². The summed E-state index contributed by atoms with van der Waals surface area (Å²) in [5.41, 5.74) is -0.321. The Morgan fingerprint density at radius 1 is 1.67 bits per heavy atom. The summed E-state index contributed by atoms with van der Waals surface area (Å²) in [5.74, 6) is 1.94. The molecule has 1 unspecified atom stereocenters. The molecule has 1 saturated heterocycles. The molecule has 0 bridgehead atoms. The van der Waals surface area contributed by atoms with Crippen LogP contribution in [0.3, 0.4) is 0 Å². The van der Waals surface area contributed by atoms with E-state index in [1.807, 2.05) is 13.8 Å². The first-order valence-electron chi connectivity index (χ1n) is 3.87. The highest BCUT2D eigenvalue weighted by molar-refractivity contribution is 8.01. The molecule has 1 rings (SSSR count). The predicted molar refractivity (Wildman–Crippen MR) is 51.9 cm³/mol. The lowest BCUT2D eigenvalue weighted by Gasteiger charge is -2.41. The Labute approximate surface area is 79.5 Å². The maximum atomic E-state index is 10.6. The molecule has 5 heteroatoms. The molecule has 0 radical (unpaired) electrons. The summed E-state index contributed by atoms with van der Waals surface area (Å²) < 4.78 is 25.0. The van der Waals surface area contributed by atoms with E-state index in [0.29, 0.717) is 0 Å². The minimum absolute atomic E-state index is 0.134. The predicted octanol–water partition coefficient (Wildman–Crippen LogP) is 1.12. The van der Waals surface area contributed by atoms with Gasteiger partial charge in [0.25, 0.3) is 0 Å². The lowest BCUT2D eigenvalue weighted by atomic mass is 10.1. The van der Waals surface area contributed by atoms with Crippen LogP contribution in [0.4, 0.5) is 0 Å². The molecule has 0 aromatic rings. The van der Waals surface area contributed by atoms with Crippen LogP contribution in [0.25, 0.3) is 0 Å². The molecule has 1 N–H and O–H groups in total. The quantitative estimate of drug-likeness (QED) is 0.706. The van der Waals surface area contributed by atoms with E-state index in [4.69, 9.17) is 9.29 Å². The van der Waals surface area contributed by atoms with Crippen LogP contribution < -0.4 is 0 Å². The van der Waals surface area contributed by atoms with Crippen LogP contribution in [0.1, 0.15) is 13.8 Å². The molecule has 1 fully saturated rings. The lowest BCUT2D eigenvalue weighted by Crippen LogP contribution is -2.51. The summed E-state index contributed by atoms with van der Waals surface area (Å²) in [4.78, 5) is 0. The van der Waals surface area contributed by atoms with Gasteiger partial charge in [-0.3, -0.25) is 0 Å². The Morgan fingerprint density at radius 3 is 2.50 bits per heavy atom. The fraction of sp³-hybridized carbons (Fsp3) is 1.00. The van der Waals surface area contributed by atoms with Crippen LogP contribution in [-0.4, -0.2) is 37.7 Å². The zero-order valence-corrected chi connectivity index (χ0v) is 8.91. The third-order valence-corrected chi connectivity index (χ3v) is 3.84. The summed E-state index contributed by atoms with van der Waals surface area (Å²) in [7, 11) is 0. The average Bonchev–Trinajstić information content (AvgIpc) is 1.80. The topological polar surface area (TPSA) is 46.5 Å². The van der Waals surface area contributed by atoms with E-state index in [0.717, 1.165) is 11.5 Å². The van der Waals surface area contributed by atoms with Crippen molar-refractivity contribution in [2.24, 2.45) is 0 Å². The Balaban J connectivity index is 2.45. The summed E-state index contributed by atoms with van der Waals surface area (Å²) in [6, 6.07) is 0. The van der Waals surface area contributed by atoms with E-state index in [2.05, 4.69) is 0 Å². The number of hydrogen-bond acceptors (Lipinski definition) is 3. The second kappa shape index (κ2) is 4.09. The zero-order chi connectivity index (χ0) is 9.19. The van der Waals surface area contributed by atoms with E-state index in [1.165, 1.54) is 0 Å². The lowest BCUT2D eigenvalue weighted by molar-refractivity contribution is -0.0409. The standard InChI is InChI=1S/C7H14O3S2/c1-6(2)10-7(3-11-4-7)5-12(8)9/h6H,3-5H2,1-2H3,(H,8,9). The van der Waals surface area contributed by atoms with Crippen molar-refractivity contribution in [3.05, 3.63) is 0 Å². The molecule has 0 spiro atoms. The van der Waals surface area contributed by atoms with Gasteiger partial charge < -0.3 is 9.29 Å². The van der Waals surface area contributed by atoms with Gasteiger partial charge in [0.1, 0.15) is 5.60 Å². The van der Waals surface area contributed by atoms with Crippen molar-refractivity contribution in [2.45, 2.75) is 25.6 Å². The summed E-state index contributed by atoms with van der Waals surface area (Å²) in [6.45, 7) is 3.90. The molecule has 0 aromatic carbocycles. The highest BCUT2D eigenvalue weighted by Gasteiger charge is 2.41. The molecule has 3 nitrogen and oxygen atoms in total. The molecule has 72 valence electrons. The largest absolute Gasteiger partial charge is 0.370 e. The molecule has 1 atom stereocenters. The minimum Gasteiger partial charge on any atom is -0.370 e. The van der Waals surface area contributed by atoms with E-state index in [1.54, 1.807) is 11.8 Å². The summed E-state index contributed by atoms with van der Waals surface area (Å²) in [6.07, 6.45) is 0.134. The molecule has 1 heterocycles. The van der Waals surface area contributed by atoms with Crippen LogP contribution >= 0.6 is 11.8 Å². The third-order valence-electron chi connectivity index (χ3n) is 1.60. The minimum atomic E-state index is -1.74. The Hall–Kier alpha value is 0.420. The third kappa shape index (κ3) is 2.73. The Bertz CT molecular complexity index is 177. The van der Waals surface area contributed by atoms with E-state index in [-0.39, 0.29) is 17.5 Å². The van der Waals surface area contributed by atoms with Gasteiger partial charge in [0.05, 0.1) is 11.9 Å². The van der Waals surface area contributed by atoms with Crippen molar-refractivity contribution in [3.8, 4) is 0 Å². The van der Waals surface area contributed by atoms with Gasteiger partial charge >= 0.3 is 0 Å². The number of rotatable bonds is 4. The monoisotopic (exact) mass is 210 g/mol. The summed E-state index contributed by atoms with van der Waals surface area (Å²) >= 11 is 0.0190. The first kappa shape index (κ1) is 10.5. The highest BCUT2D eigenvalue weighted by atomic mass is 32.2. The van der Waals surface area contributed by atoms with Crippen LogP contribution in [0.5, 0.6) is 0 Å². The number of ether oxygens (including phenoxy) is 1. The second-order valence-corrected chi connectivity index (χ2v) is 5.23. The fourth-order valence-electron chi connectivity index (χ4n) is 1.24. The van der Waals surface area contributed by atoms with Crippen LogP contribution in [0.15, 0.2) is 0 Å². The highest BCUT2D eigenvalue weighted by Crippen LogP contribution is 2.34. The zero-order valence-electron chi connectivity index (χ0n) is 7.28. The molecule has 1 aliphatic rings. The van der Waals surface area contributed by atoms with Crippen LogP contribution in [0.2, 0.25) is 0 Å². The van der Waals surface area contributed by atoms with Gasteiger partial charge in [0.15, 0.2) is 11.1 Å². The SMILES string of the molecule is CC(C)OC1(CS(=O)O)CSC1. The van der Waals surface area contributed by atoms with E-state index in [9.17, 15) is 4.21 Å². The molecule has 0 aliphatic carbocycles. The van der Waals surface area contributed by atoms with Crippen LogP contribution in [0, 0.1) is 0 Å². The van der Waals surface area contributed by atoms with E-state index >= 15 is 0 Å². The smallest absolute Gasteiger partial charge is 0.155 e. The van der Waals surface area contributed by atoms with Crippen molar-refractivity contribution in [3.63, 3.8) is 0 Å².